The average Bonchev–Trinajstić information content (AvgIpc) is 2.64. The average molecular weight is 367 g/mol. The summed E-state index contributed by atoms with van der Waals surface area (Å²) in [6, 6.07) is 12.6. The monoisotopic (exact) mass is 366 g/mol. The van der Waals surface area contributed by atoms with E-state index in [9.17, 15) is 4.79 Å². The molecule has 0 aliphatic rings. The van der Waals surface area contributed by atoms with E-state index >= 15 is 0 Å². The van der Waals surface area contributed by atoms with E-state index in [2.05, 4.69) is 5.32 Å². The summed E-state index contributed by atoms with van der Waals surface area (Å²) in [5, 5.41) is 2.82. The Balaban J connectivity index is 0.00000312. The van der Waals surface area contributed by atoms with Crippen LogP contribution >= 0.6 is 12.4 Å². The molecule has 0 fully saturated rings. The van der Waals surface area contributed by atoms with Crippen LogP contribution in [0.2, 0.25) is 0 Å². The van der Waals surface area contributed by atoms with Crippen LogP contribution < -0.4 is 25.3 Å². The number of methoxy groups -OCH3 is 3. The van der Waals surface area contributed by atoms with Crippen molar-refractivity contribution in [3.8, 4) is 17.2 Å². The van der Waals surface area contributed by atoms with Crippen molar-refractivity contribution in [1.29, 1.82) is 0 Å². The Labute approximate surface area is 153 Å². The molecule has 0 radical (unpaired) electrons. The molecule has 136 valence electrons. The normalized spacial score (nSPS) is 11.0. The van der Waals surface area contributed by atoms with Crippen LogP contribution in [0.15, 0.2) is 42.5 Å². The smallest absolute Gasteiger partial charge is 0.255 e. The predicted molar refractivity (Wildman–Crippen MR) is 99.0 cm³/mol. The molecule has 3 N–H and O–H groups in total. The number of rotatable bonds is 7. The van der Waals surface area contributed by atoms with Crippen molar-refractivity contribution < 1.29 is 19.0 Å². The Morgan fingerprint density at radius 2 is 1.64 bits per heavy atom. The summed E-state index contributed by atoms with van der Waals surface area (Å²) in [5.41, 5.74) is 7.42. The highest BCUT2D eigenvalue weighted by molar-refractivity contribution is 5.98. The van der Waals surface area contributed by atoms with Gasteiger partial charge in [0.2, 0.25) is 5.75 Å². The molecule has 2 aromatic carbocycles. The van der Waals surface area contributed by atoms with E-state index in [0.29, 0.717) is 29.4 Å². The molecule has 0 saturated carbocycles. The van der Waals surface area contributed by atoms with E-state index in [4.69, 9.17) is 19.9 Å². The second kappa shape index (κ2) is 9.76. The van der Waals surface area contributed by atoms with Gasteiger partial charge in [-0.1, -0.05) is 30.3 Å². The van der Waals surface area contributed by atoms with Crippen LogP contribution in [0.4, 0.5) is 0 Å². The molecular weight excluding hydrogens is 344 g/mol. The quantitative estimate of drug-likeness (QED) is 0.786. The number of carbonyl (C=O) groups excluding carboxylic acids is 1. The zero-order valence-electron chi connectivity index (χ0n) is 14.4. The number of amides is 1. The van der Waals surface area contributed by atoms with Crippen LogP contribution in [0.5, 0.6) is 17.2 Å². The van der Waals surface area contributed by atoms with Gasteiger partial charge in [0.25, 0.3) is 5.91 Å². The first-order valence-electron chi connectivity index (χ1n) is 7.50. The summed E-state index contributed by atoms with van der Waals surface area (Å²) in [6.07, 6.45) is 0. The largest absolute Gasteiger partial charge is 0.493 e. The highest BCUT2D eigenvalue weighted by Gasteiger charge is 2.21. The molecular formula is C18H23ClN2O4. The van der Waals surface area contributed by atoms with Crippen LogP contribution in [0.3, 0.4) is 0 Å². The standard InChI is InChI=1S/C18H22N2O4.ClH/c1-22-15-10-9-13(16(23-2)17(15)24-3)18(21)20-11-14(19)12-7-5-4-6-8-12;/h4-10,14H,11,19H2,1-3H3,(H,20,21);1H. The number of nitrogens with one attached hydrogen (secondary N) is 1. The number of hydrogen-bond donors (Lipinski definition) is 2. The van der Waals surface area contributed by atoms with Crippen LogP contribution in [0.1, 0.15) is 22.0 Å². The third-order valence-electron chi connectivity index (χ3n) is 3.66. The molecule has 7 heteroatoms. The fourth-order valence-corrected chi connectivity index (χ4v) is 2.40. The van der Waals surface area contributed by atoms with Crippen molar-refractivity contribution in [1.82, 2.24) is 5.32 Å². The van der Waals surface area contributed by atoms with Crippen molar-refractivity contribution in [3.05, 3.63) is 53.6 Å². The van der Waals surface area contributed by atoms with E-state index in [1.807, 2.05) is 30.3 Å². The second-order valence-corrected chi connectivity index (χ2v) is 5.11. The first-order valence-corrected chi connectivity index (χ1v) is 7.50. The number of nitrogens with two attached hydrogens (primary N) is 1. The van der Waals surface area contributed by atoms with Crippen molar-refractivity contribution in [2.45, 2.75) is 6.04 Å². The minimum atomic E-state index is -0.292. The molecule has 0 aliphatic carbocycles. The van der Waals surface area contributed by atoms with E-state index < -0.39 is 0 Å². The van der Waals surface area contributed by atoms with Crippen LogP contribution in [-0.4, -0.2) is 33.8 Å². The van der Waals surface area contributed by atoms with Crippen LogP contribution in [0.25, 0.3) is 0 Å². The molecule has 0 spiro atoms. The molecule has 25 heavy (non-hydrogen) atoms. The Morgan fingerprint density at radius 1 is 1.00 bits per heavy atom. The summed E-state index contributed by atoms with van der Waals surface area (Å²) in [4.78, 5) is 12.5. The van der Waals surface area contributed by atoms with Crippen molar-refractivity contribution in [2.75, 3.05) is 27.9 Å². The highest BCUT2D eigenvalue weighted by atomic mass is 35.5. The van der Waals surface area contributed by atoms with Gasteiger partial charge in [0.1, 0.15) is 0 Å². The molecule has 2 rings (SSSR count). The number of halogens is 1. The lowest BCUT2D eigenvalue weighted by Gasteiger charge is -2.17. The maximum Gasteiger partial charge on any atom is 0.255 e. The van der Waals surface area contributed by atoms with Crippen LogP contribution in [0, 0.1) is 0 Å². The third kappa shape index (κ3) is 4.78. The zero-order chi connectivity index (χ0) is 17.5. The number of hydrogen-bond acceptors (Lipinski definition) is 5. The van der Waals surface area contributed by atoms with Crippen molar-refractivity contribution in [3.63, 3.8) is 0 Å². The summed E-state index contributed by atoms with van der Waals surface area (Å²) in [5.74, 6) is 0.897. The SMILES string of the molecule is COc1ccc(C(=O)NCC(N)c2ccccc2)c(OC)c1OC.Cl. The van der Waals surface area contributed by atoms with Gasteiger partial charge >= 0.3 is 0 Å². The van der Waals surface area contributed by atoms with Gasteiger partial charge in [0.15, 0.2) is 11.5 Å². The molecule has 0 saturated heterocycles. The predicted octanol–water partition coefficient (Wildman–Crippen LogP) is 2.56. The van der Waals surface area contributed by atoms with Crippen molar-refractivity contribution >= 4 is 18.3 Å². The molecule has 0 heterocycles. The van der Waals surface area contributed by atoms with Crippen LogP contribution in [-0.2, 0) is 0 Å². The van der Waals surface area contributed by atoms with E-state index in [0.717, 1.165) is 5.56 Å². The molecule has 0 aliphatic heterocycles. The molecule has 2 aromatic rings. The van der Waals surface area contributed by atoms with Crippen molar-refractivity contribution in [2.24, 2.45) is 5.73 Å². The Hall–Kier alpha value is -2.44. The van der Waals surface area contributed by atoms with Gasteiger partial charge in [-0.3, -0.25) is 4.79 Å². The molecule has 1 unspecified atom stereocenters. The Morgan fingerprint density at radius 3 is 2.20 bits per heavy atom. The molecule has 1 amide bonds. The van der Waals surface area contributed by atoms with Gasteiger partial charge in [-0.05, 0) is 17.7 Å². The second-order valence-electron chi connectivity index (χ2n) is 5.11. The lowest BCUT2D eigenvalue weighted by molar-refractivity contribution is 0.0947. The number of ether oxygens (including phenoxy) is 3. The van der Waals surface area contributed by atoms with Gasteiger partial charge in [-0.25, -0.2) is 0 Å². The maximum absolute atomic E-state index is 12.5. The molecule has 0 bridgehead atoms. The van der Waals surface area contributed by atoms with Gasteiger partial charge in [0.05, 0.1) is 26.9 Å². The topological polar surface area (TPSA) is 82.8 Å². The van der Waals surface area contributed by atoms with Gasteiger partial charge in [0, 0.05) is 12.6 Å². The lowest BCUT2D eigenvalue weighted by atomic mass is 10.1. The fraction of sp³-hybridized carbons (Fsp3) is 0.278. The first kappa shape index (κ1) is 20.6. The number of carbonyl (C=O) groups is 1. The summed E-state index contributed by atoms with van der Waals surface area (Å²) >= 11 is 0. The molecule has 6 nitrogen and oxygen atoms in total. The van der Waals surface area contributed by atoms with Gasteiger partial charge in [-0.2, -0.15) is 0 Å². The summed E-state index contributed by atoms with van der Waals surface area (Å²) < 4.78 is 15.8. The highest BCUT2D eigenvalue weighted by Crippen LogP contribution is 2.39. The summed E-state index contributed by atoms with van der Waals surface area (Å²) in [7, 11) is 4.49. The van der Waals surface area contributed by atoms with Gasteiger partial charge < -0.3 is 25.3 Å². The van der Waals surface area contributed by atoms with Gasteiger partial charge in [-0.15, -0.1) is 12.4 Å². The maximum atomic E-state index is 12.5. The molecule has 0 aromatic heterocycles. The minimum Gasteiger partial charge on any atom is -0.493 e. The Bertz CT molecular complexity index is 695. The van der Waals surface area contributed by atoms with E-state index in [1.54, 1.807) is 12.1 Å². The first-order chi connectivity index (χ1) is 11.6. The minimum absolute atomic E-state index is 0. The lowest BCUT2D eigenvalue weighted by Crippen LogP contribution is -2.32. The zero-order valence-corrected chi connectivity index (χ0v) is 15.3. The Kier molecular flexibility index (Phi) is 8.04. The third-order valence-corrected chi connectivity index (χ3v) is 3.66. The van der Waals surface area contributed by atoms with E-state index in [1.165, 1.54) is 21.3 Å². The summed E-state index contributed by atoms with van der Waals surface area (Å²) in [6.45, 7) is 0.306. The number of benzene rings is 2. The fourth-order valence-electron chi connectivity index (χ4n) is 2.40. The van der Waals surface area contributed by atoms with E-state index in [-0.39, 0.29) is 24.4 Å². The molecule has 1 atom stereocenters.